The zero-order valence-electron chi connectivity index (χ0n) is 21.4. The van der Waals surface area contributed by atoms with Gasteiger partial charge in [-0.05, 0) is 53.0 Å². The number of phenols is 1. The fourth-order valence-electron chi connectivity index (χ4n) is 4.07. The first kappa shape index (κ1) is 27.4. The maximum absolute atomic E-state index is 13.1. The molecule has 0 radical (unpaired) electrons. The van der Waals surface area contributed by atoms with E-state index < -0.39 is 18.0 Å². The Labute approximate surface area is 204 Å². The van der Waals surface area contributed by atoms with E-state index in [1.54, 1.807) is 12.1 Å². The van der Waals surface area contributed by atoms with Gasteiger partial charge in [-0.15, -0.1) is 0 Å². The van der Waals surface area contributed by atoms with Crippen molar-refractivity contribution in [3.63, 3.8) is 0 Å². The highest BCUT2D eigenvalue weighted by atomic mass is 16.3. The molecule has 0 spiro atoms. The van der Waals surface area contributed by atoms with E-state index in [2.05, 4.69) is 29.7 Å². The van der Waals surface area contributed by atoms with Gasteiger partial charge in [-0.3, -0.25) is 9.59 Å². The number of hydrogen-bond donors (Lipinski definition) is 4. The monoisotopic (exact) mass is 467 g/mol. The van der Waals surface area contributed by atoms with Gasteiger partial charge in [0.15, 0.2) is 0 Å². The SMILES string of the molecule is CC(CCN[C@H](C(=O)N[C@@H](Cc1ccc(O)c(C(C)(C)C)c1)C(N)=O)C(C)C)c1ccccc1. The van der Waals surface area contributed by atoms with Crippen LogP contribution >= 0.6 is 0 Å². The number of hydrogen-bond acceptors (Lipinski definition) is 4. The third-order valence-electron chi connectivity index (χ3n) is 6.23. The third kappa shape index (κ3) is 7.87. The standard InChI is InChI=1S/C28H41N3O3/c1-18(2)25(30-15-14-19(3)21-10-8-7-9-11-21)27(34)31-23(26(29)33)17-20-12-13-24(32)22(16-20)28(4,5)6/h7-13,16,18-19,23,25,30,32H,14-15,17H2,1-6H3,(H2,29,33)(H,31,34)/t19?,23-,25-/m0/s1. The lowest BCUT2D eigenvalue weighted by Gasteiger charge is -2.26. The van der Waals surface area contributed by atoms with Crippen molar-refractivity contribution in [2.24, 2.45) is 11.7 Å². The number of nitrogens with one attached hydrogen (secondary N) is 2. The highest BCUT2D eigenvalue weighted by Gasteiger charge is 2.27. The highest BCUT2D eigenvalue weighted by Crippen LogP contribution is 2.31. The molecule has 0 fully saturated rings. The average Bonchev–Trinajstić information content (AvgIpc) is 2.76. The Morgan fingerprint density at radius 3 is 2.24 bits per heavy atom. The van der Waals surface area contributed by atoms with Gasteiger partial charge >= 0.3 is 0 Å². The van der Waals surface area contributed by atoms with Crippen LogP contribution in [0.4, 0.5) is 0 Å². The van der Waals surface area contributed by atoms with Gasteiger partial charge in [0.25, 0.3) is 0 Å². The molecule has 5 N–H and O–H groups in total. The average molecular weight is 468 g/mol. The Morgan fingerprint density at radius 2 is 1.68 bits per heavy atom. The van der Waals surface area contributed by atoms with E-state index in [9.17, 15) is 14.7 Å². The molecule has 0 aliphatic carbocycles. The number of benzene rings is 2. The Balaban J connectivity index is 2.04. The first-order valence-electron chi connectivity index (χ1n) is 12.1. The Hall–Kier alpha value is -2.86. The van der Waals surface area contributed by atoms with Crippen molar-refractivity contribution >= 4 is 11.8 Å². The lowest BCUT2D eigenvalue weighted by atomic mass is 9.84. The van der Waals surface area contributed by atoms with Crippen LogP contribution in [0.15, 0.2) is 48.5 Å². The number of aromatic hydroxyl groups is 1. The first-order valence-corrected chi connectivity index (χ1v) is 12.1. The molecule has 2 rings (SSSR count). The van der Waals surface area contributed by atoms with Crippen LogP contribution in [0, 0.1) is 5.92 Å². The second-order valence-electron chi connectivity index (χ2n) is 10.5. The molecule has 2 aromatic rings. The summed E-state index contributed by atoms with van der Waals surface area (Å²) in [7, 11) is 0. The molecule has 6 heteroatoms. The number of primary amides is 1. The van der Waals surface area contributed by atoms with Crippen molar-refractivity contribution in [3.05, 3.63) is 65.2 Å². The Bertz CT molecular complexity index is 951. The van der Waals surface area contributed by atoms with E-state index in [0.717, 1.165) is 17.5 Å². The molecule has 0 heterocycles. The quantitative estimate of drug-likeness (QED) is 0.401. The topological polar surface area (TPSA) is 104 Å². The number of carbonyl (C=O) groups is 2. The van der Waals surface area contributed by atoms with Gasteiger partial charge in [-0.2, -0.15) is 0 Å². The van der Waals surface area contributed by atoms with Crippen LogP contribution in [0.5, 0.6) is 5.75 Å². The van der Waals surface area contributed by atoms with E-state index >= 15 is 0 Å². The number of phenolic OH excluding ortho intramolecular Hbond substituents is 1. The number of carbonyl (C=O) groups excluding carboxylic acids is 2. The molecule has 0 aliphatic heterocycles. The summed E-state index contributed by atoms with van der Waals surface area (Å²) in [6, 6.07) is 14.3. The number of nitrogens with two attached hydrogens (primary N) is 1. The highest BCUT2D eigenvalue weighted by molar-refractivity contribution is 5.89. The molecule has 186 valence electrons. The molecule has 0 aliphatic rings. The fraction of sp³-hybridized carbons (Fsp3) is 0.500. The normalized spacial score (nSPS) is 14.4. The molecule has 1 unspecified atom stereocenters. The summed E-state index contributed by atoms with van der Waals surface area (Å²) in [5, 5.41) is 16.4. The zero-order valence-corrected chi connectivity index (χ0v) is 21.4. The second-order valence-corrected chi connectivity index (χ2v) is 10.5. The van der Waals surface area contributed by atoms with Crippen LogP contribution in [0.2, 0.25) is 0 Å². The van der Waals surface area contributed by atoms with Gasteiger partial charge in [-0.1, -0.05) is 84.0 Å². The fourth-order valence-corrected chi connectivity index (χ4v) is 4.07. The smallest absolute Gasteiger partial charge is 0.240 e. The molecule has 2 amide bonds. The summed E-state index contributed by atoms with van der Waals surface area (Å²) in [6.07, 6.45) is 1.16. The summed E-state index contributed by atoms with van der Waals surface area (Å²) in [5.74, 6) is -0.194. The molecule has 2 aromatic carbocycles. The molecule has 0 aromatic heterocycles. The molecule has 34 heavy (non-hydrogen) atoms. The van der Waals surface area contributed by atoms with Crippen molar-refractivity contribution in [2.45, 2.75) is 77.8 Å². The summed E-state index contributed by atoms with van der Waals surface area (Å²) < 4.78 is 0. The van der Waals surface area contributed by atoms with Crippen LogP contribution in [0.1, 0.15) is 70.6 Å². The minimum absolute atomic E-state index is 0.0433. The molecule has 0 saturated heterocycles. The van der Waals surface area contributed by atoms with Crippen LogP contribution in [0.3, 0.4) is 0 Å². The van der Waals surface area contributed by atoms with E-state index in [-0.39, 0.29) is 29.4 Å². The lowest BCUT2D eigenvalue weighted by Crippen LogP contribution is -2.54. The van der Waals surface area contributed by atoms with Gasteiger partial charge in [0.1, 0.15) is 11.8 Å². The number of amides is 2. The van der Waals surface area contributed by atoms with Crippen molar-refractivity contribution < 1.29 is 14.7 Å². The van der Waals surface area contributed by atoms with Crippen molar-refractivity contribution in [1.82, 2.24) is 10.6 Å². The molecule has 0 bridgehead atoms. The molecule has 3 atom stereocenters. The maximum Gasteiger partial charge on any atom is 0.240 e. The first-order chi connectivity index (χ1) is 15.9. The predicted molar refractivity (Wildman–Crippen MR) is 138 cm³/mol. The molecule has 6 nitrogen and oxygen atoms in total. The van der Waals surface area contributed by atoms with Crippen LogP contribution < -0.4 is 16.4 Å². The molecular weight excluding hydrogens is 426 g/mol. The summed E-state index contributed by atoms with van der Waals surface area (Å²) in [4.78, 5) is 25.3. The predicted octanol–water partition coefficient (Wildman–Crippen LogP) is 4.01. The third-order valence-corrected chi connectivity index (χ3v) is 6.23. The number of rotatable bonds is 11. The maximum atomic E-state index is 13.1. The summed E-state index contributed by atoms with van der Waals surface area (Å²) >= 11 is 0. The van der Waals surface area contributed by atoms with E-state index in [1.165, 1.54) is 5.56 Å². The van der Waals surface area contributed by atoms with Crippen LogP contribution in [-0.2, 0) is 21.4 Å². The van der Waals surface area contributed by atoms with E-state index in [0.29, 0.717) is 12.5 Å². The molecule has 0 saturated carbocycles. The van der Waals surface area contributed by atoms with E-state index in [1.807, 2.05) is 58.9 Å². The Kier molecular flexibility index (Phi) is 9.68. The minimum Gasteiger partial charge on any atom is -0.508 e. The van der Waals surface area contributed by atoms with Gasteiger partial charge in [0.2, 0.25) is 11.8 Å². The molecular formula is C28H41N3O3. The van der Waals surface area contributed by atoms with E-state index in [4.69, 9.17) is 5.73 Å². The van der Waals surface area contributed by atoms with Crippen LogP contribution in [-0.4, -0.2) is 35.5 Å². The Morgan fingerprint density at radius 1 is 1.03 bits per heavy atom. The van der Waals surface area contributed by atoms with Crippen molar-refractivity contribution in [2.75, 3.05) is 6.54 Å². The second kappa shape index (κ2) is 12.0. The van der Waals surface area contributed by atoms with Crippen LogP contribution in [0.25, 0.3) is 0 Å². The lowest BCUT2D eigenvalue weighted by molar-refractivity contribution is -0.129. The van der Waals surface area contributed by atoms with Gasteiger partial charge in [0.05, 0.1) is 6.04 Å². The summed E-state index contributed by atoms with van der Waals surface area (Å²) in [6.45, 7) is 12.8. The van der Waals surface area contributed by atoms with Crippen molar-refractivity contribution in [3.8, 4) is 5.75 Å². The summed E-state index contributed by atoms with van der Waals surface area (Å²) in [5.41, 5.74) is 8.28. The minimum atomic E-state index is -0.837. The van der Waals surface area contributed by atoms with Gasteiger partial charge in [0, 0.05) is 6.42 Å². The van der Waals surface area contributed by atoms with Crippen molar-refractivity contribution in [1.29, 1.82) is 0 Å². The largest absolute Gasteiger partial charge is 0.508 e. The van der Waals surface area contributed by atoms with Gasteiger partial charge in [-0.25, -0.2) is 0 Å². The zero-order chi connectivity index (χ0) is 25.5. The van der Waals surface area contributed by atoms with Gasteiger partial charge < -0.3 is 21.5 Å².